The van der Waals surface area contributed by atoms with E-state index in [1.165, 1.54) is 24.5 Å². The highest BCUT2D eigenvalue weighted by atomic mass is 16.6. The number of aromatic nitrogens is 2. The molecule has 7 nitrogen and oxygen atoms in total. The van der Waals surface area contributed by atoms with Gasteiger partial charge in [-0.25, -0.2) is 9.97 Å². The quantitative estimate of drug-likeness (QED) is 0.670. The molecular weight excluding hydrogens is 274 g/mol. The van der Waals surface area contributed by atoms with Crippen LogP contribution in [0, 0.1) is 16.0 Å². The van der Waals surface area contributed by atoms with Crippen LogP contribution in [0.1, 0.15) is 31.9 Å². The fraction of sp³-hybridized carbons (Fsp3) is 0.357. The van der Waals surface area contributed by atoms with Crippen molar-refractivity contribution >= 4 is 22.6 Å². The Morgan fingerprint density at radius 3 is 2.67 bits per heavy atom. The van der Waals surface area contributed by atoms with Crippen LogP contribution in [0.2, 0.25) is 0 Å². The summed E-state index contributed by atoms with van der Waals surface area (Å²) in [7, 11) is 0. The zero-order valence-electron chi connectivity index (χ0n) is 11.7. The molecule has 0 aliphatic carbocycles. The number of nitro benzene ring substituents is 1. The fourth-order valence-electron chi connectivity index (χ4n) is 2.26. The summed E-state index contributed by atoms with van der Waals surface area (Å²) in [5.74, 6) is -1.64. The summed E-state index contributed by atoms with van der Waals surface area (Å²) in [6, 6.07) is 4.19. The molecule has 1 unspecified atom stereocenters. The number of carboxylic acid groups (broad SMARTS) is 1. The first-order chi connectivity index (χ1) is 9.90. The summed E-state index contributed by atoms with van der Waals surface area (Å²) in [6.07, 6.45) is 1.70. The van der Waals surface area contributed by atoms with E-state index in [4.69, 9.17) is 0 Å². The van der Waals surface area contributed by atoms with Crippen molar-refractivity contribution < 1.29 is 14.8 Å². The summed E-state index contributed by atoms with van der Waals surface area (Å²) in [6.45, 7) is 3.84. The first-order valence-electron chi connectivity index (χ1n) is 6.52. The summed E-state index contributed by atoms with van der Waals surface area (Å²) in [4.78, 5) is 30.0. The molecule has 21 heavy (non-hydrogen) atoms. The number of hydrogen-bond donors (Lipinski definition) is 1. The standard InChI is InChI=1S/C14H15N3O4/c1-8(2)5-11(14(18)19)13-10-6-9(17(20)21)3-4-12(10)15-7-16-13/h3-4,6-8,11H,5H2,1-2H3,(H,18,19). The molecular formula is C14H15N3O4. The van der Waals surface area contributed by atoms with E-state index in [0.29, 0.717) is 23.0 Å². The third-order valence-corrected chi connectivity index (χ3v) is 3.20. The van der Waals surface area contributed by atoms with E-state index in [1.54, 1.807) is 0 Å². The molecule has 0 aliphatic heterocycles. The summed E-state index contributed by atoms with van der Waals surface area (Å²) in [5, 5.41) is 20.7. The van der Waals surface area contributed by atoms with Gasteiger partial charge in [-0.05, 0) is 18.4 Å². The van der Waals surface area contributed by atoms with Gasteiger partial charge in [-0.15, -0.1) is 0 Å². The molecule has 0 saturated carbocycles. The second kappa shape index (κ2) is 5.82. The average molecular weight is 289 g/mol. The lowest BCUT2D eigenvalue weighted by molar-refractivity contribution is -0.384. The number of benzene rings is 1. The van der Waals surface area contributed by atoms with Gasteiger partial charge in [-0.1, -0.05) is 13.8 Å². The van der Waals surface area contributed by atoms with Crippen LogP contribution in [0.5, 0.6) is 0 Å². The van der Waals surface area contributed by atoms with E-state index >= 15 is 0 Å². The maximum absolute atomic E-state index is 11.5. The largest absolute Gasteiger partial charge is 0.481 e. The molecule has 0 bridgehead atoms. The predicted octanol–water partition coefficient (Wildman–Crippen LogP) is 2.75. The Balaban J connectivity index is 2.63. The maximum Gasteiger partial charge on any atom is 0.312 e. The van der Waals surface area contributed by atoms with Crippen molar-refractivity contribution in [2.75, 3.05) is 0 Å². The third kappa shape index (κ3) is 3.13. The first-order valence-corrected chi connectivity index (χ1v) is 6.52. The minimum atomic E-state index is -0.991. The van der Waals surface area contributed by atoms with E-state index in [-0.39, 0.29) is 11.6 Å². The number of nitrogens with zero attached hydrogens (tertiary/aromatic N) is 3. The molecule has 0 spiro atoms. The molecule has 110 valence electrons. The van der Waals surface area contributed by atoms with Crippen molar-refractivity contribution in [1.29, 1.82) is 0 Å². The molecule has 1 N–H and O–H groups in total. The topological polar surface area (TPSA) is 106 Å². The van der Waals surface area contributed by atoms with Gasteiger partial charge in [0.1, 0.15) is 6.33 Å². The van der Waals surface area contributed by atoms with Gasteiger partial charge in [0, 0.05) is 17.5 Å². The molecule has 7 heteroatoms. The van der Waals surface area contributed by atoms with Crippen molar-refractivity contribution in [3.05, 3.63) is 40.3 Å². The summed E-state index contributed by atoms with van der Waals surface area (Å²) >= 11 is 0. The maximum atomic E-state index is 11.5. The van der Waals surface area contributed by atoms with Gasteiger partial charge in [-0.3, -0.25) is 14.9 Å². The number of non-ortho nitro benzene ring substituents is 1. The zero-order valence-corrected chi connectivity index (χ0v) is 11.7. The highest BCUT2D eigenvalue weighted by molar-refractivity contribution is 5.88. The fourth-order valence-corrected chi connectivity index (χ4v) is 2.26. The lowest BCUT2D eigenvalue weighted by Gasteiger charge is -2.15. The van der Waals surface area contributed by atoms with Crippen LogP contribution in [0.3, 0.4) is 0 Å². The van der Waals surface area contributed by atoms with Gasteiger partial charge in [0.25, 0.3) is 5.69 Å². The molecule has 0 fully saturated rings. The molecule has 1 aromatic heterocycles. The molecule has 1 heterocycles. The van der Waals surface area contributed by atoms with E-state index < -0.39 is 16.8 Å². The van der Waals surface area contributed by atoms with Crippen molar-refractivity contribution in [3.8, 4) is 0 Å². The second-order valence-electron chi connectivity index (χ2n) is 5.24. The molecule has 0 aliphatic rings. The Hall–Kier alpha value is -2.57. The number of hydrogen-bond acceptors (Lipinski definition) is 5. The first kappa shape index (κ1) is 14.8. The molecule has 1 atom stereocenters. The van der Waals surface area contributed by atoms with E-state index in [2.05, 4.69) is 9.97 Å². The molecule has 0 radical (unpaired) electrons. The van der Waals surface area contributed by atoms with Crippen LogP contribution in [0.15, 0.2) is 24.5 Å². The highest BCUT2D eigenvalue weighted by Crippen LogP contribution is 2.30. The highest BCUT2D eigenvalue weighted by Gasteiger charge is 2.25. The number of aliphatic carboxylic acids is 1. The smallest absolute Gasteiger partial charge is 0.312 e. The number of nitro groups is 1. The number of carboxylic acids is 1. The van der Waals surface area contributed by atoms with Gasteiger partial charge in [0.15, 0.2) is 0 Å². The van der Waals surface area contributed by atoms with Gasteiger partial charge in [0.05, 0.1) is 22.1 Å². The monoisotopic (exact) mass is 289 g/mol. The average Bonchev–Trinajstić information content (AvgIpc) is 2.43. The SMILES string of the molecule is CC(C)CC(C(=O)O)c1ncnc2ccc([N+](=O)[O-])cc12. The Morgan fingerprint density at radius 2 is 2.10 bits per heavy atom. The summed E-state index contributed by atoms with van der Waals surface area (Å²) < 4.78 is 0. The zero-order chi connectivity index (χ0) is 15.6. The Morgan fingerprint density at radius 1 is 1.38 bits per heavy atom. The minimum absolute atomic E-state index is 0.104. The van der Waals surface area contributed by atoms with Gasteiger partial charge >= 0.3 is 5.97 Å². The molecule has 0 amide bonds. The van der Waals surface area contributed by atoms with Gasteiger partial charge in [-0.2, -0.15) is 0 Å². The van der Waals surface area contributed by atoms with Crippen LogP contribution in [-0.2, 0) is 4.79 Å². The lowest BCUT2D eigenvalue weighted by Crippen LogP contribution is -2.16. The Labute approximate surface area is 120 Å². The van der Waals surface area contributed by atoms with Crippen molar-refractivity contribution in [2.24, 2.45) is 5.92 Å². The van der Waals surface area contributed by atoms with Gasteiger partial charge in [0.2, 0.25) is 0 Å². The second-order valence-corrected chi connectivity index (χ2v) is 5.24. The van der Waals surface area contributed by atoms with Crippen molar-refractivity contribution in [1.82, 2.24) is 9.97 Å². The summed E-state index contributed by atoms with van der Waals surface area (Å²) in [5.41, 5.74) is 0.720. The Kier molecular flexibility index (Phi) is 4.11. The van der Waals surface area contributed by atoms with E-state index in [9.17, 15) is 20.0 Å². The van der Waals surface area contributed by atoms with Crippen LogP contribution >= 0.6 is 0 Å². The predicted molar refractivity (Wildman–Crippen MR) is 76.0 cm³/mol. The van der Waals surface area contributed by atoms with E-state index in [0.717, 1.165) is 0 Å². The van der Waals surface area contributed by atoms with Crippen molar-refractivity contribution in [2.45, 2.75) is 26.2 Å². The van der Waals surface area contributed by atoms with Crippen LogP contribution in [0.25, 0.3) is 10.9 Å². The number of carbonyl (C=O) groups is 1. The lowest BCUT2D eigenvalue weighted by atomic mass is 9.92. The van der Waals surface area contributed by atoms with Crippen molar-refractivity contribution in [3.63, 3.8) is 0 Å². The minimum Gasteiger partial charge on any atom is -0.481 e. The molecule has 2 aromatic rings. The number of rotatable bonds is 5. The van der Waals surface area contributed by atoms with E-state index in [1.807, 2.05) is 13.8 Å². The van der Waals surface area contributed by atoms with Gasteiger partial charge < -0.3 is 5.11 Å². The van der Waals surface area contributed by atoms with Crippen LogP contribution < -0.4 is 0 Å². The molecule has 2 rings (SSSR count). The number of fused-ring (bicyclic) bond motifs is 1. The normalized spacial score (nSPS) is 12.5. The Bertz CT molecular complexity index is 700. The van der Waals surface area contributed by atoms with Crippen LogP contribution in [0.4, 0.5) is 5.69 Å². The molecule has 1 aromatic carbocycles. The molecule has 0 saturated heterocycles. The van der Waals surface area contributed by atoms with Crippen LogP contribution in [-0.4, -0.2) is 26.0 Å². The third-order valence-electron chi connectivity index (χ3n) is 3.20.